The van der Waals surface area contributed by atoms with Gasteiger partial charge >= 0.3 is 0 Å². The second-order valence-corrected chi connectivity index (χ2v) is 4.69. The van der Waals surface area contributed by atoms with E-state index in [4.69, 9.17) is 5.11 Å². The highest BCUT2D eigenvalue weighted by molar-refractivity contribution is 5.94. The first-order chi connectivity index (χ1) is 9.36. The third kappa shape index (κ3) is 3.89. The van der Waals surface area contributed by atoms with Crippen molar-refractivity contribution >= 4 is 11.6 Å². The van der Waals surface area contributed by atoms with Gasteiger partial charge in [0.25, 0.3) is 17.2 Å². The Morgan fingerprint density at radius 3 is 2.70 bits per heavy atom. The smallest absolute Gasteiger partial charge is 0.286 e. The maximum Gasteiger partial charge on any atom is 0.286 e. The van der Waals surface area contributed by atoms with E-state index in [0.29, 0.717) is 6.42 Å². The van der Waals surface area contributed by atoms with Crippen LogP contribution in [0.15, 0.2) is 17.1 Å². The number of aromatic amines is 1. The summed E-state index contributed by atoms with van der Waals surface area (Å²) in [5.74, 6) is -0.633. The fourth-order valence-corrected chi connectivity index (χ4v) is 1.70. The summed E-state index contributed by atoms with van der Waals surface area (Å²) in [5, 5.41) is 22.2. The largest absolute Gasteiger partial charge is 0.396 e. The zero-order valence-corrected chi connectivity index (χ0v) is 11.3. The molecule has 0 aliphatic heterocycles. The van der Waals surface area contributed by atoms with Crippen molar-refractivity contribution in [1.29, 1.82) is 0 Å². The number of amides is 1. The van der Waals surface area contributed by atoms with Crippen LogP contribution in [-0.4, -0.2) is 33.6 Å². The number of aliphatic hydroxyl groups excluding tert-OH is 1. The lowest BCUT2D eigenvalue weighted by Crippen LogP contribution is -2.41. The summed E-state index contributed by atoms with van der Waals surface area (Å²) in [6.07, 6.45) is 1.28. The van der Waals surface area contributed by atoms with Crippen molar-refractivity contribution in [3.8, 4) is 0 Å². The average Bonchev–Trinajstić information content (AvgIpc) is 2.38. The summed E-state index contributed by atoms with van der Waals surface area (Å²) in [7, 11) is 0. The maximum atomic E-state index is 12.0. The number of carbonyl (C=O) groups is 1. The summed E-state index contributed by atoms with van der Waals surface area (Å²) in [4.78, 5) is 35.7. The zero-order chi connectivity index (χ0) is 15.3. The van der Waals surface area contributed by atoms with Gasteiger partial charge in [0.2, 0.25) is 0 Å². The highest BCUT2D eigenvalue weighted by Gasteiger charge is 2.20. The Labute approximate surface area is 115 Å². The number of carbonyl (C=O) groups excluding carboxylic acids is 1. The van der Waals surface area contributed by atoms with E-state index in [2.05, 4.69) is 10.3 Å². The first-order valence-corrected chi connectivity index (χ1v) is 6.15. The number of nitro groups is 1. The van der Waals surface area contributed by atoms with Crippen molar-refractivity contribution in [2.24, 2.45) is 5.92 Å². The molecule has 1 amide bonds. The lowest BCUT2D eigenvalue weighted by molar-refractivity contribution is -0.385. The first-order valence-electron chi connectivity index (χ1n) is 6.15. The Morgan fingerprint density at radius 2 is 2.20 bits per heavy atom. The van der Waals surface area contributed by atoms with Crippen LogP contribution in [0.3, 0.4) is 0 Å². The molecule has 1 rings (SSSR count). The van der Waals surface area contributed by atoms with Crippen LogP contribution in [0.4, 0.5) is 5.69 Å². The molecule has 0 radical (unpaired) electrons. The van der Waals surface area contributed by atoms with Crippen molar-refractivity contribution in [2.45, 2.75) is 26.3 Å². The Bertz CT molecular complexity index is 552. The first kappa shape index (κ1) is 15.8. The Morgan fingerprint density at radius 1 is 1.55 bits per heavy atom. The van der Waals surface area contributed by atoms with E-state index in [1.54, 1.807) is 0 Å². The predicted octanol–water partition coefficient (Wildman–Crippen LogP) is 0.420. The summed E-state index contributed by atoms with van der Waals surface area (Å²) in [5.41, 5.74) is -1.37. The van der Waals surface area contributed by atoms with E-state index in [1.807, 2.05) is 13.8 Å². The van der Waals surface area contributed by atoms with Gasteiger partial charge in [-0.05, 0) is 12.3 Å². The Kier molecular flexibility index (Phi) is 5.39. The second-order valence-electron chi connectivity index (χ2n) is 4.69. The average molecular weight is 283 g/mol. The number of nitrogens with zero attached hydrogens (tertiary/aromatic N) is 1. The molecule has 1 heterocycles. The van der Waals surface area contributed by atoms with Crippen LogP contribution in [0.2, 0.25) is 0 Å². The van der Waals surface area contributed by atoms with Crippen LogP contribution in [0.5, 0.6) is 0 Å². The molecule has 0 fully saturated rings. The van der Waals surface area contributed by atoms with Crippen molar-refractivity contribution in [3.63, 3.8) is 0 Å². The number of pyridine rings is 1. The molecule has 0 saturated heterocycles. The van der Waals surface area contributed by atoms with Gasteiger partial charge in [0.1, 0.15) is 5.56 Å². The van der Waals surface area contributed by atoms with Crippen LogP contribution >= 0.6 is 0 Å². The fraction of sp³-hybridized carbons (Fsp3) is 0.500. The normalized spacial score (nSPS) is 12.2. The maximum absolute atomic E-state index is 12.0. The number of hydrogen-bond acceptors (Lipinski definition) is 5. The Balaban J connectivity index is 2.99. The molecule has 20 heavy (non-hydrogen) atoms. The molecule has 3 N–H and O–H groups in total. The molecule has 1 unspecified atom stereocenters. The van der Waals surface area contributed by atoms with Gasteiger partial charge in [-0.1, -0.05) is 13.8 Å². The van der Waals surface area contributed by atoms with Gasteiger partial charge in [0.15, 0.2) is 0 Å². The molecule has 0 aliphatic rings. The number of hydrogen-bond donors (Lipinski definition) is 3. The molecular weight excluding hydrogens is 266 g/mol. The highest BCUT2D eigenvalue weighted by atomic mass is 16.6. The molecule has 0 spiro atoms. The van der Waals surface area contributed by atoms with E-state index >= 15 is 0 Å². The van der Waals surface area contributed by atoms with E-state index in [9.17, 15) is 19.7 Å². The quantitative estimate of drug-likeness (QED) is 0.515. The van der Waals surface area contributed by atoms with Crippen molar-refractivity contribution in [3.05, 3.63) is 38.3 Å². The number of aromatic nitrogens is 1. The van der Waals surface area contributed by atoms with Crippen LogP contribution in [0, 0.1) is 16.0 Å². The molecular formula is C12H17N3O5. The standard InChI is InChI=1S/C12H17N3O5/c1-7(2)10(3-4-16)14-12(18)9-5-8(15(19)20)6-13-11(9)17/h5-7,10,16H,3-4H2,1-2H3,(H,13,17)(H,14,18). The predicted molar refractivity (Wildman–Crippen MR) is 71.5 cm³/mol. The lowest BCUT2D eigenvalue weighted by atomic mass is 10.0. The minimum Gasteiger partial charge on any atom is -0.396 e. The van der Waals surface area contributed by atoms with Gasteiger partial charge < -0.3 is 15.4 Å². The van der Waals surface area contributed by atoms with Gasteiger partial charge in [0.05, 0.1) is 11.1 Å². The minimum absolute atomic E-state index is 0.0591. The van der Waals surface area contributed by atoms with Gasteiger partial charge in [-0.15, -0.1) is 0 Å². The van der Waals surface area contributed by atoms with Crippen molar-refractivity contribution in [1.82, 2.24) is 10.3 Å². The number of H-pyrrole nitrogens is 1. The highest BCUT2D eigenvalue weighted by Crippen LogP contribution is 2.10. The van der Waals surface area contributed by atoms with E-state index in [0.717, 1.165) is 12.3 Å². The van der Waals surface area contributed by atoms with Crippen LogP contribution in [-0.2, 0) is 0 Å². The molecule has 110 valence electrons. The van der Waals surface area contributed by atoms with Gasteiger partial charge in [-0.2, -0.15) is 0 Å². The molecule has 0 bridgehead atoms. The zero-order valence-electron chi connectivity index (χ0n) is 11.3. The molecule has 0 aromatic carbocycles. The summed E-state index contributed by atoms with van der Waals surface area (Å²) in [6, 6.07) is 0.621. The van der Waals surface area contributed by atoms with Crippen molar-refractivity contribution in [2.75, 3.05) is 6.61 Å². The van der Waals surface area contributed by atoms with E-state index < -0.39 is 16.4 Å². The van der Waals surface area contributed by atoms with E-state index in [-0.39, 0.29) is 29.8 Å². The van der Waals surface area contributed by atoms with Gasteiger partial charge in [0, 0.05) is 18.7 Å². The third-order valence-electron chi connectivity index (χ3n) is 2.90. The SMILES string of the molecule is CC(C)C(CCO)NC(=O)c1cc([N+](=O)[O-])c[nH]c1=O. The molecule has 0 saturated carbocycles. The molecule has 0 aliphatic carbocycles. The second kappa shape index (κ2) is 6.80. The monoisotopic (exact) mass is 283 g/mol. The number of nitrogens with one attached hydrogen (secondary N) is 2. The van der Waals surface area contributed by atoms with Crippen molar-refractivity contribution < 1.29 is 14.8 Å². The minimum atomic E-state index is -0.695. The van der Waals surface area contributed by atoms with Crippen LogP contribution in [0.1, 0.15) is 30.6 Å². The lowest BCUT2D eigenvalue weighted by Gasteiger charge is -2.21. The summed E-state index contributed by atoms with van der Waals surface area (Å²) in [6.45, 7) is 3.62. The summed E-state index contributed by atoms with van der Waals surface area (Å²) < 4.78 is 0. The molecule has 8 heteroatoms. The van der Waals surface area contributed by atoms with Gasteiger partial charge in [-0.3, -0.25) is 19.7 Å². The van der Waals surface area contributed by atoms with Crippen LogP contribution in [0.25, 0.3) is 0 Å². The van der Waals surface area contributed by atoms with E-state index in [1.165, 1.54) is 0 Å². The third-order valence-corrected chi connectivity index (χ3v) is 2.90. The molecule has 1 aromatic heterocycles. The Hall–Kier alpha value is -2.22. The molecule has 8 nitrogen and oxygen atoms in total. The van der Waals surface area contributed by atoms with Crippen LogP contribution < -0.4 is 10.9 Å². The number of rotatable bonds is 6. The summed E-state index contributed by atoms with van der Waals surface area (Å²) >= 11 is 0. The fourth-order valence-electron chi connectivity index (χ4n) is 1.70. The molecule has 1 aromatic rings. The van der Waals surface area contributed by atoms with Gasteiger partial charge in [-0.25, -0.2) is 0 Å². The molecule has 1 atom stereocenters. The topological polar surface area (TPSA) is 125 Å². The number of aliphatic hydroxyl groups is 1.